The number of hydrogen-bond acceptors (Lipinski definition) is 5. The topological polar surface area (TPSA) is 81.7 Å². The lowest BCUT2D eigenvalue weighted by atomic mass is 10.2. The third kappa shape index (κ3) is 6.65. The molecule has 0 spiro atoms. The standard InChI is InChI=1S/C16H13ClF3NO5S/c1-27(23,24)21-15(22)10-6-7-14(12(17)8-10)25-9-11-4-2-3-5-13(11)26-16(18,19)20/h2-8H,9H2,1H3,(H,21,22). The first-order valence-electron chi connectivity index (χ1n) is 7.23. The van der Waals surface area contributed by atoms with Crippen LogP contribution in [0.3, 0.4) is 0 Å². The number of carbonyl (C=O) groups excluding carboxylic acids is 1. The van der Waals surface area contributed by atoms with Gasteiger partial charge in [0.1, 0.15) is 18.1 Å². The van der Waals surface area contributed by atoms with Crippen LogP contribution < -0.4 is 14.2 Å². The molecule has 27 heavy (non-hydrogen) atoms. The maximum absolute atomic E-state index is 12.4. The fourth-order valence-electron chi connectivity index (χ4n) is 1.99. The van der Waals surface area contributed by atoms with E-state index < -0.39 is 28.0 Å². The zero-order valence-corrected chi connectivity index (χ0v) is 15.3. The van der Waals surface area contributed by atoms with Gasteiger partial charge in [0.15, 0.2) is 0 Å². The summed E-state index contributed by atoms with van der Waals surface area (Å²) in [4.78, 5) is 11.8. The summed E-state index contributed by atoms with van der Waals surface area (Å²) < 4.78 is 70.5. The molecular weight excluding hydrogens is 411 g/mol. The number of rotatable bonds is 6. The van der Waals surface area contributed by atoms with Crippen LogP contribution in [0, 0.1) is 0 Å². The van der Waals surface area contributed by atoms with Gasteiger partial charge in [-0.05, 0) is 24.3 Å². The fraction of sp³-hybridized carbons (Fsp3) is 0.188. The van der Waals surface area contributed by atoms with E-state index in [-0.39, 0.29) is 28.5 Å². The van der Waals surface area contributed by atoms with Crippen molar-refractivity contribution in [3.05, 3.63) is 58.6 Å². The summed E-state index contributed by atoms with van der Waals surface area (Å²) in [5, 5.41) is -0.0228. The third-order valence-electron chi connectivity index (χ3n) is 3.05. The Bertz CT molecular complexity index is 947. The van der Waals surface area contributed by atoms with Crippen LogP contribution in [0.25, 0.3) is 0 Å². The predicted octanol–water partition coefficient (Wildman–Crippen LogP) is 3.51. The van der Waals surface area contributed by atoms with Crippen molar-refractivity contribution in [2.45, 2.75) is 13.0 Å². The van der Waals surface area contributed by atoms with Crippen molar-refractivity contribution in [3.8, 4) is 11.5 Å². The van der Waals surface area contributed by atoms with Crippen LogP contribution in [0.4, 0.5) is 13.2 Å². The summed E-state index contributed by atoms with van der Waals surface area (Å²) in [6, 6.07) is 9.17. The summed E-state index contributed by atoms with van der Waals surface area (Å²) in [5.41, 5.74) is 0.100. The number of para-hydroxylation sites is 1. The molecule has 0 heterocycles. The van der Waals surface area contributed by atoms with E-state index >= 15 is 0 Å². The smallest absolute Gasteiger partial charge is 0.487 e. The first kappa shape index (κ1) is 20.8. The SMILES string of the molecule is CS(=O)(=O)NC(=O)c1ccc(OCc2ccccc2OC(F)(F)F)c(Cl)c1. The van der Waals surface area contributed by atoms with Gasteiger partial charge < -0.3 is 9.47 Å². The Hall–Kier alpha value is -2.46. The van der Waals surface area contributed by atoms with E-state index in [2.05, 4.69) is 4.74 Å². The highest BCUT2D eigenvalue weighted by Gasteiger charge is 2.32. The number of carbonyl (C=O) groups is 1. The predicted molar refractivity (Wildman–Crippen MR) is 91.2 cm³/mol. The molecule has 0 bridgehead atoms. The maximum atomic E-state index is 12.4. The summed E-state index contributed by atoms with van der Waals surface area (Å²) in [5.74, 6) is -1.20. The lowest BCUT2D eigenvalue weighted by Crippen LogP contribution is -2.29. The summed E-state index contributed by atoms with van der Waals surface area (Å²) in [6.07, 6.45) is -4.02. The van der Waals surface area contributed by atoms with Crippen LogP contribution in [0.1, 0.15) is 15.9 Å². The number of hydrogen-bond donors (Lipinski definition) is 1. The van der Waals surface area contributed by atoms with Crippen LogP contribution in [-0.2, 0) is 16.6 Å². The largest absolute Gasteiger partial charge is 0.573 e. The van der Waals surface area contributed by atoms with Crippen molar-refractivity contribution in [1.82, 2.24) is 4.72 Å². The Labute approximate surface area is 157 Å². The molecule has 1 N–H and O–H groups in total. The van der Waals surface area contributed by atoms with Gasteiger partial charge in [0.2, 0.25) is 10.0 Å². The number of ether oxygens (including phenoxy) is 2. The molecule has 146 valence electrons. The number of benzene rings is 2. The molecule has 0 unspecified atom stereocenters. The van der Waals surface area contributed by atoms with E-state index in [1.54, 1.807) is 4.72 Å². The highest BCUT2D eigenvalue weighted by Crippen LogP contribution is 2.30. The van der Waals surface area contributed by atoms with Crippen molar-refractivity contribution >= 4 is 27.5 Å². The molecule has 6 nitrogen and oxygen atoms in total. The van der Waals surface area contributed by atoms with E-state index in [1.807, 2.05) is 0 Å². The van der Waals surface area contributed by atoms with Crippen molar-refractivity contribution < 1.29 is 35.9 Å². The average molecular weight is 424 g/mol. The van der Waals surface area contributed by atoms with E-state index in [0.717, 1.165) is 12.3 Å². The lowest BCUT2D eigenvalue weighted by molar-refractivity contribution is -0.275. The molecule has 0 aromatic heterocycles. The van der Waals surface area contributed by atoms with Crippen molar-refractivity contribution in [3.63, 3.8) is 0 Å². The van der Waals surface area contributed by atoms with Gasteiger partial charge in [-0.1, -0.05) is 29.8 Å². The van der Waals surface area contributed by atoms with Crippen LogP contribution in [0.2, 0.25) is 5.02 Å². The molecule has 0 saturated carbocycles. The minimum atomic E-state index is -4.84. The number of nitrogens with one attached hydrogen (secondary N) is 1. The molecule has 1 amide bonds. The molecule has 0 aliphatic rings. The quantitative estimate of drug-likeness (QED) is 0.769. The summed E-state index contributed by atoms with van der Waals surface area (Å²) in [7, 11) is -3.74. The van der Waals surface area contributed by atoms with E-state index in [1.165, 1.54) is 36.4 Å². The number of amides is 1. The lowest BCUT2D eigenvalue weighted by Gasteiger charge is -2.14. The number of halogens is 4. The Morgan fingerprint density at radius 2 is 1.81 bits per heavy atom. The van der Waals surface area contributed by atoms with Gasteiger partial charge in [0.25, 0.3) is 5.91 Å². The summed E-state index contributed by atoms with van der Waals surface area (Å²) in [6.45, 7) is -0.277. The molecule has 0 fully saturated rings. The molecule has 2 rings (SSSR count). The van der Waals surface area contributed by atoms with Crippen LogP contribution >= 0.6 is 11.6 Å². The van der Waals surface area contributed by atoms with Gasteiger partial charge >= 0.3 is 6.36 Å². The van der Waals surface area contributed by atoms with Crippen molar-refractivity contribution in [1.29, 1.82) is 0 Å². The van der Waals surface area contributed by atoms with Gasteiger partial charge in [0.05, 0.1) is 11.3 Å². The van der Waals surface area contributed by atoms with Gasteiger partial charge in [-0.15, -0.1) is 13.2 Å². The van der Waals surface area contributed by atoms with Crippen LogP contribution in [0.15, 0.2) is 42.5 Å². The Kier molecular flexibility index (Phi) is 6.22. The molecule has 0 aliphatic carbocycles. The highest BCUT2D eigenvalue weighted by molar-refractivity contribution is 7.89. The van der Waals surface area contributed by atoms with E-state index in [4.69, 9.17) is 16.3 Å². The Morgan fingerprint density at radius 3 is 2.41 bits per heavy atom. The molecule has 0 saturated heterocycles. The van der Waals surface area contributed by atoms with Crippen molar-refractivity contribution in [2.24, 2.45) is 0 Å². The average Bonchev–Trinajstić information content (AvgIpc) is 2.52. The molecule has 11 heteroatoms. The molecule has 0 atom stereocenters. The zero-order chi connectivity index (χ0) is 20.2. The van der Waals surface area contributed by atoms with Crippen LogP contribution in [-0.4, -0.2) is 26.9 Å². The first-order chi connectivity index (χ1) is 12.4. The fourth-order valence-corrected chi connectivity index (χ4v) is 2.68. The molecule has 0 radical (unpaired) electrons. The van der Waals surface area contributed by atoms with Gasteiger partial charge in [-0.3, -0.25) is 4.79 Å². The van der Waals surface area contributed by atoms with E-state index in [0.29, 0.717) is 0 Å². The second kappa shape index (κ2) is 8.05. The third-order valence-corrected chi connectivity index (χ3v) is 3.91. The van der Waals surface area contributed by atoms with Gasteiger partial charge in [0, 0.05) is 11.1 Å². The zero-order valence-electron chi connectivity index (χ0n) is 13.7. The summed E-state index contributed by atoms with van der Waals surface area (Å²) >= 11 is 5.99. The Balaban J connectivity index is 2.13. The molecule has 2 aromatic carbocycles. The first-order valence-corrected chi connectivity index (χ1v) is 9.50. The molecule has 0 aliphatic heterocycles. The Morgan fingerprint density at radius 1 is 1.15 bits per heavy atom. The maximum Gasteiger partial charge on any atom is 0.573 e. The molecular formula is C16H13ClF3NO5S. The second-order valence-corrected chi connectivity index (χ2v) is 7.45. The highest BCUT2D eigenvalue weighted by atomic mass is 35.5. The van der Waals surface area contributed by atoms with Crippen molar-refractivity contribution in [2.75, 3.05) is 6.26 Å². The van der Waals surface area contributed by atoms with Gasteiger partial charge in [-0.25, -0.2) is 13.1 Å². The second-order valence-electron chi connectivity index (χ2n) is 5.29. The number of alkyl halides is 3. The van der Waals surface area contributed by atoms with Crippen LogP contribution in [0.5, 0.6) is 11.5 Å². The monoisotopic (exact) mass is 423 g/mol. The van der Waals surface area contributed by atoms with Gasteiger partial charge in [-0.2, -0.15) is 0 Å². The minimum Gasteiger partial charge on any atom is -0.487 e. The number of sulfonamides is 1. The van der Waals surface area contributed by atoms with E-state index in [9.17, 15) is 26.4 Å². The molecule has 2 aromatic rings. The normalized spacial score (nSPS) is 11.7. The minimum absolute atomic E-state index is 0.0228.